The van der Waals surface area contributed by atoms with Crippen LogP contribution in [0.15, 0.2) is 71.6 Å². The first-order chi connectivity index (χ1) is 16.9. The Kier molecular flexibility index (Phi) is 7.24. The maximum atomic E-state index is 13.4. The highest BCUT2D eigenvalue weighted by molar-refractivity contribution is 7.97. The molecule has 2 aliphatic heterocycles. The molecule has 0 bridgehead atoms. The number of fused-ring (bicyclic) bond motifs is 1. The van der Waals surface area contributed by atoms with Gasteiger partial charge in [0.2, 0.25) is 0 Å². The van der Waals surface area contributed by atoms with Crippen molar-refractivity contribution in [2.75, 3.05) is 4.72 Å². The lowest BCUT2D eigenvalue weighted by Gasteiger charge is -2.22. The fourth-order valence-corrected chi connectivity index (χ4v) is 6.02. The molecule has 14 heteroatoms. The average Bonchev–Trinajstić information content (AvgIpc) is 3.26. The molecule has 0 saturated carbocycles. The van der Waals surface area contributed by atoms with Crippen LogP contribution in [0, 0.1) is 0 Å². The molecule has 1 atom stereocenters. The van der Waals surface area contributed by atoms with Crippen molar-refractivity contribution in [1.29, 1.82) is 0 Å². The van der Waals surface area contributed by atoms with Crippen molar-refractivity contribution in [2.24, 2.45) is 0 Å². The van der Waals surface area contributed by atoms with Gasteiger partial charge in [-0.25, -0.2) is 8.42 Å². The van der Waals surface area contributed by atoms with E-state index in [1.807, 2.05) is 0 Å². The van der Waals surface area contributed by atoms with E-state index in [1.165, 1.54) is 28.7 Å². The smallest absolute Gasteiger partial charge is 0.345 e. The molecule has 0 aliphatic carbocycles. The van der Waals surface area contributed by atoms with Crippen LogP contribution >= 0.6 is 35.3 Å². The highest BCUT2D eigenvalue weighted by Crippen LogP contribution is 2.36. The van der Waals surface area contributed by atoms with Gasteiger partial charge in [-0.1, -0.05) is 29.3 Å². The third kappa shape index (κ3) is 5.46. The van der Waals surface area contributed by atoms with E-state index in [9.17, 15) is 26.4 Å². The molecule has 0 aromatic heterocycles. The van der Waals surface area contributed by atoms with Crippen LogP contribution in [0.3, 0.4) is 0 Å². The van der Waals surface area contributed by atoms with Crippen LogP contribution in [0.2, 0.25) is 10.0 Å². The Bertz CT molecular complexity index is 1430. The molecule has 7 nitrogen and oxygen atoms in total. The minimum Gasteiger partial charge on any atom is -0.345 e. The molecule has 4 rings (SSSR count). The summed E-state index contributed by atoms with van der Waals surface area (Å²) in [7, 11) is -4.39. The Morgan fingerprint density at radius 1 is 1.17 bits per heavy atom. The van der Waals surface area contributed by atoms with E-state index < -0.39 is 39.4 Å². The molecule has 2 heterocycles. The zero-order valence-electron chi connectivity index (χ0n) is 18.2. The van der Waals surface area contributed by atoms with Crippen LogP contribution in [-0.4, -0.2) is 18.6 Å². The molecule has 2 aliphatic rings. The predicted octanol–water partition coefficient (Wildman–Crippen LogP) is 5.97. The van der Waals surface area contributed by atoms with Crippen molar-refractivity contribution in [2.45, 2.75) is 19.1 Å². The fourth-order valence-electron chi connectivity index (χ4n) is 3.47. The molecule has 0 saturated heterocycles. The Labute approximate surface area is 219 Å². The van der Waals surface area contributed by atoms with E-state index in [-0.39, 0.29) is 21.2 Å². The molecule has 190 valence electrons. The lowest BCUT2D eigenvalue weighted by Crippen LogP contribution is -2.29. The molecule has 1 unspecified atom stereocenters. The van der Waals surface area contributed by atoms with Crippen molar-refractivity contribution >= 4 is 57.0 Å². The second kappa shape index (κ2) is 9.92. The third-order valence-electron chi connectivity index (χ3n) is 5.21. The van der Waals surface area contributed by atoms with Gasteiger partial charge in [-0.2, -0.15) is 13.2 Å². The van der Waals surface area contributed by atoms with E-state index >= 15 is 0 Å². The zero-order chi connectivity index (χ0) is 26.3. The highest BCUT2D eigenvalue weighted by atomic mass is 35.5. The van der Waals surface area contributed by atoms with Crippen molar-refractivity contribution in [3.8, 4) is 0 Å². The number of alkyl halides is 3. The van der Waals surface area contributed by atoms with Crippen molar-refractivity contribution in [3.05, 3.63) is 98.3 Å². The molecule has 36 heavy (non-hydrogen) atoms. The van der Waals surface area contributed by atoms with Gasteiger partial charge in [0.15, 0.2) is 0 Å². The van der Waals surface area contributed by atoms with Crippen LogP contribution in [-0.2, 0) is 16.2 Å². The SMILES string of the molecule is CC(NC(=O)c1ccc(C(F)(F)F)cc1NS(=O)(=O)C1=CC=CN2SNC=C12)c1ccc(Cl)cc1Cl. The number of amides is 1. The van der Waals surface area contributed by atoms with E-state index in [4.69, 9.17) is 23.2 Å². The lowest BCUT2D eigenvalue weighted by molar-refractivity contribution is -0.137. The third-order valence-corrected chi connectivity index (χ3v) is 7.92. The van der Waals surface area contributed by atoms with Gasteiger partial charge in [0.25, 0.3) is 15.9 Å². The van der Waals surface area contributed by atoms with Crippen molar-refractivity contribution in [1.82, 2.24) is 14.3 Å². The Morgan fingerprint density at radius 3 is 2.61 bits per heavy atom. The largest absolute Gasteiger partial charge is 0.416 e. The summed E-state index contributed by atoms with van der Waals surface area (Å²) in [6.45, 7) is 1.62. The van der Waals surface area contributed by atoms with Crippen LogP contribution in [0.5, 0.6) is 0 Å². The number of anilines is 1. The van der Waals surface area contributed by atoms with Crippen LogP contribution in [0.1, 0.15) is 34.5 Å². The number of halogens is 5. The first-order valence-electron chi connectivity index (χ1n) is 10.2. The van der Waals surface area contributed by atoms with Crippen molar-refractivity contribution in [3.63, 3.8) is 0 Å². The number of nitrogens with zero attached hydrogens (tertiary/aromatic N) is 1. The monoisotopic (exact) mass is 576 g/mol. The van der Waals surface area contributed by atoms with Gasteiger partial charge < -0.3 is 10.0 Å². The lowest BCUT2D eigenvalue weighted by atomic mass is 10.1. The molecule has 0 spiro atoms. The fraction of sp³-hybridized carbons (Fsp3) is 0.136. The van der Waals surface area contributed by atoms with Gasteiger partial charge in [-0.15, -0.1) is 0 Å². The topological polar surface area (TPSA) is 90.5 Å². The van der Waals surface area contributed by atoms with Crippen LogP contribution in [0.4, 0.5) is 18.9 Å². The number of hydrogen-bond donors (Lipinski definition) is 3. The summed E-state index contributed by atoms with van der Waals surface area (Å²) in [5.74, 6) is -0.809. The minimum absolute atomic E-state index is 0.187. The van der Waals surface area contributed by atoms with Gasteiger partial charge in [-0.3, -0.25) is 13.8 Å². The Morgan fingerprint density at radius 2 is 1.92 bits per heavy atom. The van der Waals surface area contributed by atoms with Crippen LogP contribution in [0.25, 0.3) is 0 Å². The normalized spacial score (nSPS) is 16.0. The summed E-state index contributed by atoms with van der Waals surface area (Å²) < 4.78 is 73.1. The molecular weight excluding hydrogens is 560 g/mol. The first kappa shape index (κ1) is 26.3. The predicted molar refractivity (Wildman–Crippen MR) is 134 cm³/mol. The van der Waals surface area contributed by atoms with Gasteiger partial charge >= 0.3 is 6.18 Å². The van der Waals surface area contributed by atoms with E-state index in [2.05, 4.69) is 14.8 Å². The molecule has 1 amide bonds. The number of benzene rings is 2. The van der Waals surface area contributed by atoms with Gasteiger partial charge in [-0.05, 0) is 55.0 Å². The standard InChI is InChI=1S/C22H17Cl2F3N4O3S2/c1-12(15-7-5-14(23)10-17(15)24)29-21(32)16-6-4-13(22(25,26)27)9-18(16)30-36(33,34)20-3-2-8-31-19(20)11-28-35-31/h2-12,28,30H,1H3,(H,29,32). The van der Waals surface area contributed by atoms with Gasteiger partial charge in [0, 0.05) is 22.4 Å². The minimum atomic E-state index is -4.77. The number of carbonyl (C=O) groups excluding carboxylic acids is 1. The van der Waals surface area contributed by atoms with Gasteiger partial charge in [0.05, 0.1) is 40.7 Å². The molecular formula is C22H17Cl2F3N4O3S2. The number of allylic oxidation sites excluding steroid dienone is 2. The average molecular weight is 577 g/mol. The quantitative estimate of drug-likeness (QED) is 0.367. The second-order valence-electron chi connectivity index (χ2n) is 7.66. The van der Waals surface area contributed by atoms with Crippen LogP contribution < -0.4 is 14.8 Å². The summed E-state index contributed by atoms with van der Waals surface area (Å²) in [6, 6.07) is 6.20. The zero-order valence-corrected chi connectivity index (χ0v) is 21.4. The molecule has 0 radical (unpaired) electrons. The summed E-state index contributed by atoms with van der Waals surface area (Å²) in [5, 5.41) is 3.30. The summed E-state index contributed by atoms with van der Waals surface area (Å²) >= 11 is 13.2. The molecule has 2 aromatic rings. The summed E-state index contributed by atoms with van der Waals surface area (Å²) in [4.78, 5) is 12.9. The number of sulfonamides is 1. The Hall–Kier alpha value is -2.80. The molecule has 2 aromatic carbocycles. The molecule has 0 fully saturated rings. The van der Waals surface area contributed by atoms with E-state index in [0.717, 1.165) is 18.2 Å². The van der Waals surface area contributed by atoms with Crippen molar-refractivity contribution < 1.29 is 26.4 Å². The van der Waals surface area contributed by atoms with Gasteiger partial charge in [0.1, 0.15) is 4.91 Å². The summed E-state index contributed by atoms with van der Waals surface area (Å²) in [6.07, 6.45) is 1.06. The maximum absolute atomic E-state index is 13.4. The summed E-state index contributed by atoms with van der Waals surface area (Å²) in [5.41, 5.74) is -1.17. The number of rotatable bonds is 6. The van der Waals surface area contributed by atoms with E-state index in [1.54, 1.807) is 25.3 Å². The Balaban J connectivity index is 1.68. The number of nitrogens with one attached hydrogen (secondary N) is 3. The number of hydrogen-bond acceptors (Lipinski definition) is 6. The first-order valence-corrected chi connectivity index (χ1v) is 13.2. The number of carbonyl (C=O) groups is 1. The highest BCUT2D eigenvalue weighted by Gasteiger charge is 2.34. The second-order valence-corrected chi connectivity index (χ2v) is 11.0. The maximum Gasteiger partial charge on any atom is 0.416 e. The van der Waals surface area contributed by atoms with E-state index in [0.29, 0.717) is 22.7 Å². The molecule has 3 N–H and O–H groups in total.